The fraction of sp³-hybridized carbons (Fsp3) is 0.154. The van der Waals surface area contributed by atoms with Gasteiger partial charge in [-0.05, 0) is 5.56 Å². The summed E-state index contributed by atoms with van der Waals surface area (Å²) in [5.74, 6) is -1.00. The van der Waals surface area contributed by atoms with Gasteiger partial charge in [0, 0.05) is 6.42 Å². The maximum atomic E-state index is 12.3. The summed E-state index contributed by atoms with van der Waals surface area (Å²) < 4.78 is 1.12. The van der Waals surface area contributed by atoms with Gasteiger partial charge in [0.15, 0.2) is 0 Å². The van der Waals surface area contributed by atoms with Crippen LogP contribution in [0.15, 0.2) is 35.1 Å². The topological polar surface area (TPSA) is 97.4 Å². The first-order valence-corrected chi connectivity index (χ1v) is 6.95. The van der Waals surface area contributed by atoms with Gasteiger partial charge >= 0.3 is 5.97 Å². The van der Waals surface area contributed by atoms with E-state index >= 15 is 0 Å². The Morgan fingerprint density at radius 1 is 1.24 bits per heavy atom. The highest BCUT2D eigenvalue weighted by molar-refractivity contribution is 7.16. The third-order valence-electron chi connectivity index (χ3n) is 2.81. The molecular formula is C13H10N4O3S. The van der Waals surface area contributed by atoms with E-state index in [0.717, 1.165) is 21.4 Å². The second-order valence-corrected chi connectivity index (χ2v) is 5.42. The Balaban J connectivity index is 2.00. The SMILES string of the molecule is O=C(O)Cc1nn2c(=O)c(Cc3ccccc3)nnc2s1. The molecule has 0 bridgehead atoms. The molecule has 0 unspecified atom stereocenters. The van der Waals surface area contributed by atoms with Crippen LogP contribution >= 0.6 is 11.3 Å². The van der Waals surface area contributed by atoms with Crippen LogP contribution in [0.3, 0.4) is 0 Å². The molecule has 0 atom stereocenters. The molecule has 7 nitrogen and oxygen atoms in total. The van der Waals surface area contributed by atoms with Crippen LogP contribution in [0.1, 0.15) is 16.3 Å². The number of hydrogen-bond acceptors (Lipinski definition) is 6. The Bertz CT molecular complexity index is 857. The van der Waals surface area contributed by atoms with Crippen molar-refractivity contribution in [3.63, 3.8) is 0 Å². The van der Waals surface area contributed by atoms with Crippen molar-refractivity contribution in [2.75, 3.05) is 0 Å². The highest BCUT2D eigenvalue weighted by Crippen LogP contribution is 2.11. The molecule has 0 saturated carbocycles. The lowest BCUT2D eigenvalue weighted by Gasteiger charge is -1.99. The van der Waals surface area contributed by atoms with Gasteiger partial charge in [-0.25, -0.2) is 0 Å². The second-order valence-electron chi connectivity index (χ2n) is 4.37. The fourth-order valence-corrected chi connectivity index (χ4v) is 2.71. The number of aliphatic carboxylic acids is 1. The molecule has 106 valence electrons. The number of nitrogens with zero attached hydrogens (tertiary/aromatic N) is 4. The summed E-state index contributed by atoms with van der Waals surface area (Å²) >= 11 is 1.05. The van der Waals surface area contributed by atoms with Crippen LogP contribution in [0.25, 0.3) is 4.96 Å². The third-order valence-corrected chi connectivity index (χ3v) is 3.71. The van der Waals surface area contributed by atoms with Crippen LogP contribution in [-0.4, -0.2) is 30.9 Å². The van der Waals surface area contributed by atoms with Gasteiger partial charge in [-0.2, -0.15) is 9.61 Å². The van der Waals surface area contributed by atoms with E-state index in [1.165, 1.54) is 0 Å². The number of aromatic nitrogens is 4. The first-order valence-electron chi connectivity index (χ1n) is 6.13. The molecule has 0 fully saturated rings. The molecule has 0 amide bonds. The number of rotatable bonds is 4. The van der Waals surface area contributed by atoms with Crippen LogP contribution < -0.4 is 5.56 Å². The number of carbonyl (C=O) groups is 1. The summed E-state index contributed by atoms with van der Waals surface area (Å²) in [6, 6.07) is 9.45. The van der Waals surface area contributed by atoms with E-state index in [4.69, 9.17) is 5.11 Å². The Kier molecular flexibility index (Phi) is 3.44. The minimum atomic E-state index is -1.00. The molecule has 0 aliphatic heterocycles. The molecule has 3 rings (SSSR count). The highest BCUT2D eigenvalue weighted by atomic mass is 32.1. The van der Waals surface area contributed by atoms with Crippen molar-refractivity contribution < 1.29 is 9.90 Å². The fourth-order valence-electron chi connectivity index (χ4n) is 1.89. The summed E-state index contributed by atoms with van der Waals surface area (Å²) in [5.41, 5.74) is 0.868. The molecule has 3 aromatic rings. The highest BCUT2D eigenvalue weighted by Gasteiger charge is 2.13. The minimum Gasteiger partial charge on any atom is -0.481 e. The van der Waals surface area contributed by atoms with Crippen LogP contribution in [0, 0.1) is 0 Å². The van der Waals surface area contributed by atoms with E-state index < -0.39 is 5.97 Å². The van der Waals surface area contributed by atoms with Gasteiger partial charge in [0.05, 0.1) is 6.42 Å². The van der Waals surface area contributed by atoms with Crippen LogP contribution in [-0.2, 0) is 17.6 Å². The van der Waals surface area contributed by atoms with E-state index in [-0.39, 0.29) is 17.7 Å². The summed E-state index contributed by atoms with van der Waals surface area (Å²) in [6.45, 7) is 0. The molecule has 0 saturated heterocycles. The van der Waals surface area contributed by atoms with Gasteiger partial charge in [0.2, 0.25) is 4.96 Å². The van der Waals surface area contributed by atoms with E-state index in [1.54, 1.807) is 0 Å². The van der Waals surface area contributed by atoms with Gasteiger partial charge in [0.25, 0.3) is 5.56 Å². The molecule has 0 radical (unpaired) electrons. The number of benzene rings is 1. The molecule has 1 N–H and O–H groups in total. The predicted octanol–water partition coefficient (Wildman–Crippen LogP) is 0.764. The third kappa shape index (κ3) is 2.79. The van der Waals surface area contributed by atoms with Crippen molar-refractivity contribution in [2.24, 2.45) is 0 Å². The van der Waals surface area contributed by atoms with Crippen molar-refractivity contribution in [1.29, 1.82) is 0 Å². The minimum absolute atomic E-state index is 0.235. The summed E-state index contributed by atoms with van der Waals surface area (Å²) in [6.07, 6.45) is 0.128. The average molecular weight is 302 g/mol. The quantitative estimate of drug-likeness (QED) is 0.764. The van der Waals surface area contributed by atoms with Gasteiger partial charge < -0.3 is 5.11 Å². The smallest absolute Gasteiger partial charge is 0.310 e. The maximum absolute atomic E-state index is 12.3. The standard InChI is InChI=1S/C13H10N4O3S/c18-11(19)7-10-16-17-12(20)9(14-15-13(17)21-10)6-8-4-2-1-3-5-8/h1-5H,6-7H2,(H,18,19). The average Bonchev–Trinajstić information content (AvgIpc) is 2.86. The molecule has 0 aliphatic rings. The first kappa shape index (κ1) is 13.4. The molecule has 0 spiro atoms. The zero-order valence-corrected chi connectivity index (χ0v) is 11.6. The summed E-state index contributed by atoms with van der Waals surface area (Å²) in [4.78, 5) is 23.3. The summed E-state index contributed by atoms with van der Waals surface area (Å²) in [5, 5.41) is 20.9. The van der Waals surface area contributed by atoms with Gasteiger partial charge in [-0.15, -0.1) is 10.2 Å². The van der Waals surface area contributed by atoms with E-state index in [0.29, 0.717) is 16.4 Å². The van der Waals surface area contributed by atoms with Crippen molar-refractivity contribution in [2.45, 2.75) is 12.8 Å². The monoisotopic (exact) mass is 302 g/mol. The number of carboxylic acids is 1. The van der Waals surface area contributed by atoms with Crippen molar-refractivity contribution in [3.8, 4) is 0 Å². The zero-order chi connectivity index (χ0) is 14.8. The maximum Gasteiger partial charge on any atom is 0.310 e. The van der Waals surface area contributed by atoms with E-state index in [9.17, 15) is 9.59 Å². The Hall–Kier alpha value is -2.61. The Morgan fingerprint density at radius 2 is 2.00 bits per heavy atom. The van der Waals surface area contributed by atoms with Crippen LogP contribution in [0.2, 0.25) is 0 Å². The van der Waals surface area contributed by atoms with Crippen LogP contribution in [0.4, 0.5) is 0 Å². The number of hydrogen-bond donors (Lipinski definition) is 1. The lowest BCUT2D eigenvalue weighted by molar-refractivity contribution is -0.136. The lowest BCUT2D eigenvalue weighted by Crippen LogP contribution is -2.22. The van der Waals surface area contributed by atoms with Crippen molar-refractivity contribution >= 4 is 22.3 Å². The molecular weight excluding hydrogens is 292 g/mol. The number of carboxylic acid groups (broad SMARTS) is 1. The second kappa shape index (κ2) is 5.41. The Labute approximate surface area is 122 Å². The molecule has 21 heavy (non-hydrogen) atoms. The molecule has 0 aliphatic carbocycles. The Morgan fingerprint density at radius 3 is 2.71 bits per heavy atom. The normalized spacial score (nSPS) is 10.9. The molecule has 2 aromatic heterocycles. The number of fused-ring (bicyclic) bond motifs is 1. The van der Waals surface area contributed by atoms with E-state index in [2.05, 4.69) is 15.3 Å². The molecule has 2 heterocycles. The first-order chi connectivity index (χ1) is 10.1. The largest absolute Gasteiger partial charge is 0.481 e. The lowest BCUT2D eigenvalue weighted by atomic mass is 10.1. The van der Waals surface area contributed by atoms with Gasteiger partial charge in [0.1, 0.15) is 10.7 Å². The van der Waals surface area contributed by atoms with Crippen LogP contribution in [0.5, 0.6) is 0 Å². The molecule has 8 heteroatoms. The molecule has 1 aromatic carbocycles. The summed E-state index contributed by atoms with van der Waals surface area (Å²) in [7, 11) is 0. The van der Waals surface area contributed by atoms with E-state index in [1.807, 2.05) is 30.3 Å². The zero-order valence-electron chi connectivity index (χ0n) is 10.8. The van der Waals surface area contributed by atoms with Crippen molar-refractivity contribution in [1.82, 2.24) is 19.8 Å². The van der Waals surface area contributed by atoms with Gasteiger partial charge in [-0.3, -0.25) is 9.59 Å². The predicted molar refractivity (Wildman–Crippen MR) is 75.5 cm³/mol. The van der Waals surface area contributed by atoms with Crippen molar-refractivity contribution in [3.05, 3.63) is 57.0 Å². The van der Waals surface area contributed by atoms with Gasteiger partial charge in [-0.1, -0.05) is 41.7 Å².